The smallest absolute Gasteiger partial charge is 0.262 e. The minimum Gasteiger partial charge on any atom is -0.491 e. The quantitative estimate of drug-likeness (QED) is 0.185. The summed E-state index contributed by atoms with van der Waals surface area (Å²) in [5, 5.41) is 2.09. The van der Waals surface area contributed by atoms with Crippen LogP contribution in [0.15, 0.2) is 76.7 Å². The molecule has 0 spiro atoms. The summed E-state index contributed by atoms with van der Waals surface area (Å²) < 4.78 is 20.6. The van der Waals surface area contributed by atoms with E-state index in [0.717, 1.165) is 5.56 Å². The van der Waals surface area contributed by atoms with Crippen LogP contribution in [0.1, 0.15) is 5.56 Å². The molecular formula is C23H17Cl2FN2O2S. The number of hydrogen-bond acceptors (Lipinski definition) is 4. The SMILES string of the molecule is O=c1c2ccccc2nc(SCCOc2ccc(Cl)cc2Cl)n1Cc1ccc(F)cc1. The Kier molecular flexibility index (Phi) is 6.80. The number of ether oxygens (including phenoxy) is 1. The van der Waals surface area contributed by atoms with E-state index < -0.39 is 0 Å². The van der Waals surface area contributed by atoms with Gasteiger partial charge in [0.2, 0.25) is 0 Å². The fraction of sp³-hybridized carbons (Fsp3) is 0.130. The van der Waals surface area contributed by atoms with E-state index in [1.807, 2.05) is 18.2 Å². The van der Waals surface area contributed by atoms with Crippen LogP contribution in [0.4, 0.5) is 4.39 Å². The van der Waals surface area contributed by atoms with Gasteiger partial charge in [-0.3, -0.25) is 9.36 Å². The van der Waals surface area contributed by atoms with E-state index in [0.29, 0.717) is 50.8 Å². The topological polar surface area (TPSA) is 44.1 Å². The molecule has 0 N–H and O–H groups in total. The van der Waals surface area contributed by atoms with E-state index in [1.165, 1.54) is 23.9 Å². The molecule has 31 heavy (non-hydrogen) atoms. The lowest BCUT2D eigenvalue weighted by atomic mass is 10.2. The standard InChI is InChI=1S/C23H17Cl2FN2O2S/c24-16-7-10-21(19(25)13-16)30-11-12-31-23-27-20-4-2-1-3-18(20)22(29)28(23)14-15-5-8-17(26)9-6-15/h1-10,13H,11-12,14H2. The van der Waals surface area contributed by atoms with Crippen molar-refractivity contribution >= 4 is 45.9 Å². The lowest BCUT2D eigenvalue weighted by Crippen LogP contribution is -2.24. The van der Waals surface area contributed by atoms with E-state index in [9.17, 15) is 9.18 Å². The molecule has 0 aliphatic carbocycles. The average molecular weight is 475 g/mol. The monoisotopic (exact) mass is 474 g/mol. The zero-order chi connectivity index (χ0) is 21.8. The van der Waals surface area contributed by atoms with Gasteiger partial charge in [0.15, 0.2) is 5.16 Å². The van der Waals surface area contributed by atoms with E-state index >= 15 is 0 Å². The van der Waals surface area contributed by atoms with Crippen molar-refractivity contribution in [1.29, 1.82) is 0 Å². The van der Waals surface area contributed by atoms with Crippen LogP contribution in [0.25, 0.3) is 10.9 Å². The first-order valence-corrected chi connectivity index (χ1v) is 11.2. The van der Waals surface area contributed by atoms with Gasteiger partial charge >= 0.3 is 0 Å². The molecule has 0 radical (unpaired) electrons. The molecule has 4 nitrogen and oxygen atoms in total. The first-order chi connectivity index (χ1) is 15.0. The maximum Gasteiger partial charge on any atom is 0.262 e. The Balaban J connectivity index is 1.56. The summed E-state index contributed by atoms with van der Waals surface area (Å²) in [5.74, 6) is 0.773. The maximum absolute atomic E-state index is 13.3. The van der Waals surface area contributed by atoms with Gasteiger partial charge in [0, 0.05) is 10.8 Å². The van der Waals surface area contributed by atoms with E-state index in [2.05, 4.69) is 4.98 Å². The second-order valence-corrected chi connectivity index (χ2v) is 8.61. The van der Waals surface area contributed by atoms with Gasteiger partial charge in [0.25, 0.3) is 5.56 Å². The molecule has 158 valence electrons. The highest BCUT2D eigenvalue weighted by atomic mass is 35.5. The zero-order valence-electron chi connectivity index (χ0n) is 16.2. The lowest BCUT2D eigenvalue weighted by molar-refractivity contribution is 0.344. The molecule has 8 heteroatoms. The molecule has 4 aromatic rings. The molecule has 0 aliphatic heterocycles. The predicted molar refractivity (Wildman–Crippen MR) is 124 cm³/mol. The van der Waals surface area contributed by atoms with Crippen molar-refractivity contribution in [2.24, 2.45) is 0 Å². The number of para-hydroxylation sites is 1. The number of hydrogen-bond donors (Lipinski definition) is 0. The van der Waals surface area contributed by atoms with Crippen LogP contribution >= 0.6 is 35.0 Å². The number of nitrogens with zero attached hydrogens (tertiary/aromatic N) is 2. The number of aromatic nitrogens is 2. The van der Waals surface area contributed by atoms with Crippen LogP contribution in [0.2, 0.25) is 10.0 Å². The summed E-state index contributed by atoms with van der Waals surface area (Å²) >= 11 is 13.5. The number of fused-ring (bicyclic) bond motifs is 1. The van der Waals surface area contributed by atoms with Crippen LogP contribution in [-0.4, -0.2) is 21.9 Å². The Hall–Kier alpha value is -2.54. The highest BCUT2D eigenvalue weighted by Gasteiger charge is 2.12. The first kappa shape index (κ1) is 21.7. The minimum atomic E-state index is -0.319. The Morgan fingerprint density at radius 3 is 2.58 bits per heavy atom. The minimum absolute atomic E-state index is 0.140. The summed E-state index contributed by atoms with van der Waals surface area (Å²) in [6.45, 7) is 0.661. The predicted octanol–water partition coefficient (Wildman–Crippen LogP) is 6.06. The van der Waals surface area contributed by atoms with Crippen LogP contribution in [0.5, 0.6) is 5.75 Å². The van der Waals surface area contributed by atoms with E-state index in [-0.39, 0.29) is 11.4 Å². The summed E-state index contributed by atoms with van der Waals surface area (Å²) in [6, 6.07) is 18.4. The Morgan fingerprint density at radius 1 is 1.03 bits per heavy atom. The number of rotatable bonds is 7. The zero-order valence-corrected chi connectivity index (χ0v) is 18.6. The highest BCUT2D eigenvalue weighted by molar-refractivity contribution is 7.99. The fourth-order valence-corrected chi connectivity index (χ4v) is 4.32. The van der Waals surface area contributed by atoms with Gasteiger partial charge < -0.3 is 4.74 Å². The summed E-state index contributed by atoms with van der Waals surface area (Å²) in [5.41, 5.74) is 1.30. The normalized spacial score (nSPS) is 11.1. The van der Waals surface area contributed by atoms with Crippen molar-refractivity contribution in [1.82, 2.24) is 9.55 Å². The van der Waals surface area contributed by atoms with Crippen molar-refractivity contribution < 1.29 is 9.13 Å². The number of thioether (sulfide) groups is 1. The molecule has 1 aromatic heterocycles. The van der Waals surface area contributed by atoms with Crippen molar-refractivity contribution in [3.8, 4) is 5.75 Å². The van der Waals surface area contributed by atoms with Crippen molar-refractivity contribution in [3.05, 3.63) is 98.5 Å². The molecule has 0 bridgehead atoms. The van der Waals surface area contributed by atoms with Crippen LogP contribution < -0.4 is 10.3 Å². The summed E-state index contributed by atoms with van der Waals surface area (Å²) in [6.07, 6.45) is 0. The van der Waals surface area contributed by atoms with Gasteiger partial charge in [-0.15, -0.1) is 0 Å². The third kappa shape index (κ3) is 5.21. The number of halogens is 3. The summed E-state index contributed by atoms with van der Waals surface area (Å²) in [4.78, 5) is 17.8. The second-order valence-electron chi connectivity index (χ2n) is 6.70. The molecule has 0 amide bonds. The van der Waals surface area contributed by atoms with E-state index in [1.54, 1.807) is 41.0 Å². The lowest BCUT2D eigenvalue weighted by Gasteiger charge is -2.14. The van der Waals surface area contributed by atoms with Crippen molar-refractivity contribution in [2.75, 3.05) is 12.4 Å². The van der Waals surface area contributed by atoms with Crippen molar-refractivity contribution in [3.63, 3.8) is 0 Å². The molecule has 0 unspecified atom stereocenters. The Bertz CT molecular complexity index is 1280. The fourth-order valence-electron chi connectivity index (χ4n) is 3.05. The highest BCUT2D eigenvalue weighted by Crippen LogP contribution is 2.28. The summed E-state index contributed by atoms with van der Waals surface area (Å²) in [7, 11) is 0. The van der Waals surface area contributed by atoms with Gasteiger partial charge in [0.1, 0.15) is 11.6 Å². The van der Waals surface area contributed by atoms with E-state index in [4.69, 9.17) is 27.9 Å². The molecule has 0 saturated heterocycles. The average Bonchev–Trinajstić information content (AvgIpc) is 2.76. The molecule has 0 fully saturated rings. The van der Waals surface area contributed by atoms with Crippen LogP contribution in [0, 0.1) is 5.82 Å². The van der Waals surface area contributed by atoms with Gasteiger partial charge in [-0.05, 0) is 48.0 Å². The molecule has 3 aromatic carbocycles. The largest absolute Gasteiger partial charge is 0.491 e. The molecule has 4 rings (SSSR count). The van der Waals surface area contributed by atoms with Crippen LogP contribution in [-0.2, 0) is 6.54 Å². The molecule has 0 saturated carbocycles. The molecular weight excluding hydrogens is 458 g/mol. The number of benzene rings is 3. The van der Waals surface area contributed by atoms with Gasteiger partial charge in [0.05, 0.1) is 29.1 Å². The first-order valence-electron chi connectivity index (χ1n) is 9.46. The molecule has 0 atom stereocenters. The molecule has 0 aliphatic rings. The Labute approximate surface area is 192 Å². The van der Waals surface area contributed by atoms with Gasteiger partial charge in [-0.25, -0.2) is 9.37 Å². The Morgan fingerprint density at radius 2 is 1.81 bits per heavy atom. The van der Waals surface area contributed by atoms with Gasteiger partial charge in [-0.1, -0.05) is 59.2 Å². The third-order valence-corrected chi connectivity index (χ3v) is 6.02. The van der Waals surface area contributed by atoms with Crippen LogP contribution in [0.3, 0.4) is 0 Å². The van der Waals surface area contributed by atoms with Gasteiger partial charge in [-0.2, -0.15) is 0 Å². The molecule has 1 heterocycles. The second kappa shape index (κ2) is 9.73. The maximum atomic E-state index is 13.3. The third-order valence-electron chi connectivity index (χ3n) is 4.55. The van der Waals surface area contributed by atoms with Crippen molar-refractivity contribution in [2.45, 2.75) is 11.7 Å².